The molecule has 1 unspecified atom stereocenters. The van der Waals surface area contributed by atoms with E-state index in [1.807, 2.05) is 19.1 Å². The van der Waals surface area contributed by atoms with Crippen molar-refractivity contribution in [3.63, 3.8) is 0 Å². The van der Waals surface area contributed by atoms with E-state index in [1.165, 1.54) is 23.0 Å². The van der Waals surface area contributed by atoms with Crippen molar-refractivity contribution in [3.05, 3.63) is 52.5 Å². The molecule has 4 aromatic rings. The van der Waals surface area contributed by atoms with Gasteiger partial charge in [0.05, 0.1) is 28.9 Å². The first-order valence-electron chi connectivity index (χ1n) is 12.1. The van der Waals surface area contributed by atoms with Gasteiger partial charge in [-0.1, -0.05) is 23.2 Å². The molecule has 2 saturated heterocycles. The first kappa shape index (κ1) is 26.1. The second-order valence-corrected chi connectivity index (χ2v) is 12.9. The monoisotopic (exact) mass is 589 g/mol. The highest BCUT2D eigenvalue weighted by molar-refractivity contribution is 7.88. The topological polar surface area (TPSA) is 126 Å². The minimum Gasteiger partial charge on any atom is -0.493 e. The van der Waals surface area contributed by atoms with Crippen LogP contribution in [-0.2, 0) is 10.0 Å². The third-order valence-electron chi connectivity index (χ3n) is 7.19. The average Bonchev–Trinajstić information content (AvgIpc) is 3.24. The van der Waals surface area contributed by atoms with Crippen molar-refractivity contribution < 1.29 is 17.9 Å². The molecule has 6 rings (SSSR count). The molecule has 1 spiro atoms. The summed E-state index contributed by atoms with van der Waals surface area (Å²) >= 11 is 12.7. The number of fused-ring (bicyclic) bond motifs is 1. The van der Waals surface area contributed by atoms with Gasteiger partial charge < -0.3 is 14.4 Å². The van der Waals surface area contributed by atoms with Crippen LogP contribution >= 0.6 is 23.2 Å². The van der Waals surface area contributed by atoms with Crippen LogP contribution in [0.3, 0.4) is 0 Å². The minimum atomic E-state index is -3.13. The van der Waals surface area contributed by atoms with Crippen LogP contribution in [0.25, 0.3) is 22.2 Å². The van der Waals surface area contributed by atoms with Crippen molar-refractivity contribution >= 4 is 50.1 Å². The van der Waals surface area contributed by atoms with E-state index >= 15 is 0 Å². The Hall–Kier alpha value is -3.19. The van der Waals surface area contributed by atoms with Crippen LogP contribution in [0.1, 0.15) is 18.6 Å². The van der Waals surface area contributed by atoms with Crippen LogP contribution < -0.4 is 14.4 Å². The summed E-state index contributed by atoms with van der Waals surface area (Å²) in [5.74, 6) is 1.62. The lowest BCUT2D eigenvalue weighted by molar-refractivity contribution is 0.0389. The van der Waals surface area contributed by atoms with Crippen molar-refractivity contribution in [2.24, 2.45) is 5.41 Å². The average molecular weight is 590 g/mol. The first-order valence-corrected chi connectivity index (χ1v) is 14.7. The SMILES string of the molecule is COc1cc2[nH]nc(-c3cnc(N4CC5(C4)CN(S(C)(=O)=O)C5)nc3)c2cc1OC(C)c1c(Cl)cncc1Cl. The smallest absolute Gasteiger partial charge is 0.225 e. The molecule has 1 atom stereocenters. The summed E-state index contributed by atoms with van der Waals surface area (Å²) in [6.45, 7) is 4.40. The zero-order valence-corrected chi connectivity index (χ0v) is 23.7. The predicted molar refractivity (Wildman–Crippen MR) is 148 cm³/mol. The van der Waals surface area contributed by atoms with Crippen LogP contribution in [0.4, 0.5) is 5.95 Å². The number of aromatic amines is 1. The number of nitrogens with zero attached hydrogens (tertiary/aromatic N) is 6. The third-order valence-corrected chi connectivity index (χ3v) is 8.99. The molecule has 0 saturated carbocycles. The van der Waals surface area contributed by atoms with E-state index in [2.05, 4.69) is 30.0 Å². The highest BCUT2D eigenvalue weighted by atomic mass is 35.5. The summed E-state index contributed by atoms with van der Waals surface area (Å²) in [5, 5.41) is 9.16. The van der Waals surface area contributed by atoms with Gasteiger partial charge in [0, 0.05) is 79.0 Å². The number of nitrogens with one attached hydrogen (secondary N) is 1. The number of hydrogen-bond donors (Lipinski definition) is 1. The Morgan fingerprint density at radius 1 is 1.03 bits per heavy atom. The number of halogens is 2. The van der Waals surface area contributed by atoms with Crippen LogP contribution in [0.15, 0.2) is 36.9 Å². The fourth-order valence-electron chi connectivity index (χ4n) is 5.20. The molecule has 2 fully saturated rings. The van der Waals surface area contributed by atoms with Crippen LogP contribution in [0.5, 0.6) is 11.5 Å². The Balaban J connectivity index is 1.22. The number of benzene rings is 1. The molecule has 0 bridgehead atoms. The standard InChI is InChI=1S/C25H25Cl2N7O4S/c1-14(22-17(26)8-28-9-18(22)27)38-21-4-16-19(5-20(21)37-2)31-32-23(16)15-6-29-24(30-7-15)33-10-25(11-33)12-34(13-25)39(3,35)36/h4-9,14H,10-13H2,1-3H3,(H,31,32). The first-order chi connectivity index (χ1) is 18.6. The number of sulfonamides is 1. The van der Waals surface area contributed by atoms with E-state index in [0.717, 1.165) is 29.6 Å². The fourth-order valence-corrected chi connectivity index (χ4v) is 6.89. The molecule has 39 heavy (non-hydrogen) atoms. The summed E-state index contributed by atoms with van der Waals surface area (Å²) in [6.07, 6.45) is 7.29. The molecular weight excluding hydrogens is 565 g/mol. The molecular formula is C25H25Cl2N7O4S. The van der Waals surface area contributed by atoms with Gasteiger partial charge in [0.1, 0.15) is 11.8 Å². The van der Waals surface area contributed by atoms with Crippen LogP contribution in [0.2, 0.25) is 10.0 Å². The Bertz CT molecular complexity index is 1650. The Kier molecular flexibility index (Phi) is 6.33. The summed E-state index contributed by atoms with van der Waals surface area (Å²) in [7, 11) is -1.57. The largest absolute Gasteiger partial charge is 0.493 e. The molecule has 2 aliphatic heterocycles. The number of rotatable bonds is 7. The Morgan fingerprint density at radius 3 is 2.31 bits per heavy atom. The van der Waals surface area contributed by atoms with Gasteiger partial charge in [0.15, 0.2) is 11.5 Å². The molecule has 2 aliphatic rings. The van der Waals surface area contributed by atoms with Crippen molar-refractivity contribution in [3.8, 4) is 22.8 Å². The number of hydrogen-bond acceptors (Lipinski definition) is 9. The van der Waals surface area contributed by atoms with E-state index in [-0.39, 0.29) is 5.41 Å². The highest BCUT2D eigenvalue weighted by Gasteiger charge is 2.54. The Morgan fingerprint density at radius 2 is 1.69 bits per heavy atom. The zero-order valence-electron chi connectivity index (χ0n) is 21.4. The second-order valence-electron chi connectivity index (χ2n) is 10.1. The molecule has 0 amide bonds. The Labute approximate surface area is 235 Å². The van der Waals surface area contributed by atoms with Gasteiger partial charge in [0.2, 0.25) is 16.0 Å². The lowest BCUT2D eigenvalue weighted by atomic mass is 9.74. The molecule has 0 aliphatic carbocycles. The maximum absolute atomic E-state index is 11.7. The lowest BCUT2D eigenvalue weighted by Gasteiger charge is -2.59. The number of anilines is 1. The summed E-state index contributed by atoms with van der Waals surface area (Å²) in [5.41, 5.74) is 2.79. The van der Waals surface area contributed by atoms with Gasteiger partial charge >= 0.3 is 0 Å². The van der Waals surface area contributed by atoms with E-state index in [1.54, 1.807) is 19.5 Å². The van der Waals surface area contributed by atoms with Crippen LogP contribution in [-0.4, -0.2) is 77.4 Å². The molecule has 1 N–H and O–H groups in total. The van der Waals surface area contributed by atoms with Crippen molar-refractivity contribution in [1.29, 1.82) is 0 Å². The molecule has 5 heterocycles. The molecule has 14 heteroatoms. The number of pyridine rings is 1. The van der Waals surface area contributed by atoms with Gasteiger partial charge in [-0.15, -0.1) is 0 Å². The molecule has 204 valence electrons. The molecule has 3 aromatic heterocycles. The lowest BCUT2D eigenvalue weighted by Crippen LogP contribution is -2.73. The summed E-state index contributed by atoms with van der Waals surface area (Å²) in [4.78, 5) is 15.2. The van der Waals surface area contributed by atoms with E-state index < -0.39 is 16.1 Å². The van der Waals surface area contributed by atoms with E-state index in [0.29, 0.717) is 51.8 Å². The maximum Gasteiger partial charge on any atom is 0.225 e. The van der Waals surface area contributed by atoms with Gasteiger partial charge in [-0.25, -0.2) is 22.7 Å². The van der Waals surface area contributed by atoms with E-state index in [4.69, 9.17) is 32.7 Å². The molecule has 1 aromatic carbocycles. The zero-order chi connectivity index (χ0) is 27.5. The number of aromatic nitrogens is 5. The van der Waals surface area contributed by atoms with Gasteiger partial charge in [-0.3, -0.25) is 10.1 Å². The number of H-pyrrole nitrogens is 1. The highest BCUT2D eigenvalue weighted by Crippen LogP contribution is 2.43. The predicted octanol–water partition coefficient (Wildman–Crippen LogP) is 3.95. The van der Waals surface area contributed by atoms with Gasteiger partial charge in [-0.2, -0.15) is 5.10 Å². The van der Waals surface area contributed by atoms with Crippen LogP contribution in [0, 0.1) is 5.41 Å². The fraction of sp³-hybridized carbons (Fsp3) is 0.360. The maximum atomic E-state index is 11.7. The summed E-state index contributed by atoms with van der Waals surface area (Å²) < 4.78 is 36.7. The van der Waals surface area contributed by atoms with Gasteiger partial charge in [0.25, 0.3) is 0 Å². The number of ether oxygens (including phenoxy) is 2. The quantitative estimate of drug-likeness (QED) is 0.341. The van der Waals surface area contributed by atoms with Crippen molar-refractivity contribution in [2.75, 3.05) is 44.4 Å². The van der Waals surface area contributed by atoms with E-state index in [9.17, 15) is 8.42 Å². The van der Waals surface area contributed by atoms with Crippen molar-refractivity contribution in [1.82, 2.24) is 29.5 Å². The van der Waals surface area contributed by atoms with Crippen molar-refractivity contribution in [2.45, 2.75) is 13.0 Å². The molecule has 11 nitrogen and oxygen atoms in total. The van der Waals surface area contributed by atoms with Gasteiger partial charge in [-0.05, 0) is 13.0 Å². The molecule has 0 radical (unpaired) electrons. The second kappa shape index (κ2) is 9.47. The minimum absolute atomic E-state index is 0.000812. The third kappa shape index (κ3) is 4.65. The normalized spacial score (nSPS) is 17.6. The summed E-state index contributed by atoms with van der Waals surface area (Å²) in [6, 6.07) is 3.67. The number of methoxy groups -OCH3 is 1.